The average Bonchev–Trinajstić information content (AvgIpc) is 2.55. The van der Waals surface area contributed by atoms with Crippen molar-refractivity contribution in [3.05, 3.63) is 29.8 Å². The van der Waals surface area contributed by atoms with Crippen molar-refractivity contribution < 1.29 is 4.74 Å². The Hall–Kier alpha value is -1.06. The second-order valence-corrected chi connectivity index (χ2v) is 6.24. The number of piperidine rings is 1. The van der Waals surface area contributed by atoms with Crippen LogP contribution in [0.3, 0.4) is 0 Å². The number of likely N-dealkylation sites (tertiary alicyclic amines) is 1. The lowest BCUT2D eigenvalue weighted by Crippen LogP contribution is -2.54. The number of nitrogens with zero attached hydrogens (tertiary/aromatic N) is 1. The SMILES string of the molecule is CCOc1cccc(C(N)C(C)(CC)N2CCCCC2)c1. The molecule has 0 aliphatic carbocycles. The van der Waals surface area contributed by atoms with Gasteiger partial charge in [0.25, 0.3) is 0 Å². The zero-order valence-electron chi connectivity index (χ0n) is 13.8. The summed E-state index contributed by atoms with van der Waals surface area (Å²) in [5.41, 5.74) is 7.88. The standard InChI is InChI=1S/C18H30N2O/c1-4-18(3,20-12-7-6-8-13-20)17(19)15-10-9-11-16(14-15)21-5-2/h9-11,14,17H,4-8,12-13,19H2,1-3H3. The molecular formula is C18H30N2O. The van der Waals surface area contributed by atoms with E-state index < -0.39 is 0 Å². The summed E-state index contributed by atoms with van der Waals surface area (Å²) in [5.74, 6) is 0.919. The van der Waals surface area contributed by atoms with Crippen molar-refractivity contribution in [2.45, 2.75) is 58.0 Å². The Morgan fingerprint density at radius 3 is 2.57 bits per heavy atom. The zero-order chi connectivity index (χ0) is 15.3. The molecule has 2 N–H and O–H groups in total. The third-order valence-corrected chi connectivity index (χ3v) is 4.99. The van der Waals surface area contributed by atoms with Crippen LogP contribution in [0.5, 0.6) is 5.75 Å². The molecule has 1 aromatic rings. The highest BCUT2D eigenvalue weighted by molar-refractivity contribution is 5.32. The first kappa shape index (κ1) is 16.3. The predicted molar refractivity (Wildman–Crippen MR) is 88.7 cm³/mol. The van der Waals surface area contributed by atoms with Gasteiger partial charge in [-0.1, -0.05) is 25.5 Å². The molecule has 3 nitrogen and oxygen atoms in total. The quantitative estimate of drug-likeness (QED) is 0.867. The third kappa shape index (κ3) is 3.58. The van der Waals surface area contributed by atoms with Crippen LogP contribution in [-0.4, -0.2) is 30.1 Å². The Kier molecular flexibility index (Phi) is 5.65. The van der Waals surface area contributed by atoms with Crippen molar-refractivity contribution in [1.82, 2.24) is 4.90 Å². The number of benzene rings is 1. The van der Waals surface area contributed by atoms with E-state index >= 15 is 0 Å². The second-order valence-electron chi connectivity index (χ2n) is 6.24. The lowest BCUT2D eigenvalue weighted by Gasteiger charge is -2.47. The lowest BCUT2D eigenvalue weighted by atomic mass is 9.82. The summed E-state index contributed by atoms with van der Waals surface area (Å²) in [6, 6.07) is 8.30. The number of nitrogens with two attached hydrogens (primary N) is 1. The minimum Gasteiger partial charge on any atom is -0.494 e. The molecule has 1 aliphatic rings. The van der Waals surface area contributed by atoms with Crippen molar-refractivity contribution in [2.24, 2.45) is 5.73 Å². The molecule has 0 spiro atoms. The normalized spacial score (nSPS) is 20.8. The van der Waals surface area contributed by atoms with E-state index in [1.165, 1.54) is 37.9 Å². The molecule has 1 aliphatic heterocycles. The smallest absolute Gasteiger partial charge is 0.119 e. The number of ether oxygens (including phenoxy) is 1. The maximum Gasteiger partial charge on any atom is 0.119 e. The molecule has 2 rings (SSSR count). The largest absolute Gasteiger partial charge is 0.494 e. The Labute approximate surface area is 129 Å². The van der Waals surface area contributed by atoms with Gasteiger partial charge in [0.15, 0.2) is 0 Å². The molecule has 2 unspecified atom stereocenters. The highest BCUT2D eigenvalue weighted by Gasteiger charge is 2.37. The van der Waals surface area contributed by atoms with Gasteiger partial charge in [0.2, 0.25) is 0 Å². The monoisotopic (exact) mass is 290 g/mol. The van der Waals surface area contributed by atoms with Crippen molar-refractivity contribution in [1.29, 1.82) is 0 Å². The van der Waals surface area contributed by atoms with Gasteiger partial charge in [-0.25, -0.2) is 0 Å². The third-order valence-electron chi connectivity index (χ3n) is 4.99. The van der Waals surface area contributed by atoms with Gasteiger partial charge < -0.3 is 10.5 Å². The molecule has 1 saturated heterocycles. The summed E-state index contributed by atoms with van der Waals surface area (Å²) >= 11 is 0. The maximum absolute atomic E-state index is 6.68. The minimum atomic E-state index is 0.0148. The average molecular weight is 290 g/mol. The van der Waals surface area contributed by atoms with E-state index in [1.54, 1.807) is 0 Å². The summed E-state index contributed by atoms with van der Waals surface area (Å²) in [6.45, 7) is 9.61. The van der Waals surface area contributed by atoms with E-state index in [4.69, 9.17) is 10.5 Å². The topological polar surface area (TPSA) is 38.5 Å². The molecule has 1 aromatic carbocycles. The highest BCUT2D eigenvalue weighted by atomic mass is 16.5. The summed E-state index contributed by atoms with van der Waals surface area (Å²) in [4.78, 5) is 2.59. The fourth-order valence-corrected chi connectivity index (χ4v) is 3.37. The van der Waals surface area contributed by atoms with Crippen LogP contribution in [0.4, 0.5) is 0 Å². The van der Waals surface area contributed by atoms with Crippen molar-refractivity contribution in [3.8, 4) is 5.75 Å². The van der Waals surface area contributed by atoms with E-state index in [0.29, 0.717) is 6.61 Å². The molecule has 1 fully saturated rings. The summed E-state index contributed by atoms with van der Waals surface area (Å²) in [6.07, 6.45) is 5.00. The number of hydrogen-bond donors (Lipinski definition) is 1. The summed E-state index contributed by atoms with van der Waals surface area (Å²) in [7, 11) is 0. The van der Waals surface area contributed by atoms with Crippen LogP contribution < -0.4 is 10.5 Å². The lowest BCUT2D eigenvalue weighted by molar-refractivity contribution is 0.0542. The molecule has 21 heavy (non-hydrogen) atoms. The van der Waals surface area contributed by atoms with Gasteiger partial charge in [0.05, 0.1) is 6.61 Å². The van der Waals surface area contributed by atoms with Crippen LogP contribution in [-0.2, 0) is 0 Å². The van der Waals surface area contributed by atoms with Gasteiger partial charge in [-0.05, 0) is 63.9 Å². The van der Waals surface area contributed by atoms with E-state index in [-0.39, 0.29) is 11.6 Å². The summed E-state index contributed by atoms with van der Waals surface area (Å²) < 4.78 is 5.62. The Morgan fingerprint density at radius 1 is 1.24 bits per heavy atom. The van der Waals surface area contributed by atoms with E-state index in [1.807, 2.05) is 19.1 Å². The fourth-order valence-electron chi connectivity index (χ4n) is 3.37. The zero-order valence-corrected chi connectivity index (χ0v) is 13.8. The molecular weight excluding hydrogens is 260 g/mol. The Morgan fingerprint density at radius 2 is 1.95 bits per heavy atom. The molecule has 0 aromatic heterocycles. The fraction of sp³-hybridized carbons (Fsp3) is 0.667. The van der Waals surface area contributed by atoms with Gasteiger partial charge in [-0.3, -0.25) is 4.90 Å². The van der Waals surface area contributed by atoms with Crippen LogP contribution in [0.25, 0.3) is 0 Å². The Bertz CT molecular complexity index is 443. The van der Waals surface area contributed by atoms with Gasteiger partial charge in [-0.2, -0.15) is 0 Å². The Balaban J connectivity index is 2.21. The van der Waals surface area contributed by atoms with Gasteiger partial charge in [0, 0.05) is 11.6 Å². The van der Waals surface area contributed by atoms with Crippen LogP contribution >= 0.6 is 0 Å². The van der Waals surface area contributed by atoms with Gasteiger partial charge >= 0.3 is 0 Å². The molecule has 0 bridgehead atoms. The van der Waals surface area contributed by atoms with Crippen molar-refractivity contribution >= 4 is 0 Å². The first-order valence-corrected chi connectivity index (χ1v) is 8.35. The molecule has 1 heterocycles. The molecule has 0 saturated carbocycles. The van der Waals surface area contributed by atoms with Crippen LogP contribution in [0.1, 0.15) is 58.1 Å². The molecule has 3 heteroatoms. The maximum atomic E-state index is 6.68. The van der Waals surface area contributed by atoms with E-state index in [9.17, 15) is 0 Å². The van der Waals surface area contributed by atoms with Crippen LogP contribution in [0, 0.1) is 0 Å². The first-order valence-electron chi connectivity index (χ1n) is 8.35. The molecule has 118 valence electrons. The minimum absolute atomic E-state index is 0.0148. The predicted octanol–water partition coefficient (Wildman–Crippen LogP) is 3.74. The van der Waals surface area contributed by atoms with Crippen LogP contribution in [0.15, 0.2) is 24.3 Å². The van der Waals surface area contributed by atoms with Gasteiger partial charge in [-0.15, -0.1) is 0 Å². The van der Waals surface area contributed by atoms with Crippen LogP contribution in [0.2, 0.25) is 0 Å². The number of rotatable bonds is 6. The first-order chi connectivity index (χ1) is 10.1. The second kappa shape index (κ2) is 7.28. The van der Waals surface area contributed by atoms with Crippen molar-refractivity contribution in [2.75, 3.05) is 19.7 Å². The van der Waals surface area contributed by atoms with Crippen molar-refractivity contribution in [3.63, 3.8) is 0 Å². The van der Waals surface area contributed by atoms with E-state index in [0.717, 1.165) is 12.2 Å². The summed E-state index contributed by atoms with van der Waals surface area (Å²) in [5, 5.41) is 0. The van der Waals surface area contributed by atoms with E-state index in [2.05, 4.69) is 30.9 Å². The molecule has 0 amide bonds. The van der Waals surface area contributed by atoms with Gasteiger partial charge in [0.1, 0.15) is 5.75 Å². The highest BCUT2D eigenvalue weighted by Crippen LogP contribution is 2.35. The molecule has 2 atom stereocenters. The number of hydrogen-bond acceptors (Lipinski definition) is 3. The molecule has 0 radical (unpaired) electrons.